The van der Waals surface area contributed by atoms with E-state index in [0.29, 0.717) is 10.0 Å². The Morgan fingerprint density at radius 2 is 2.16 bits per heavy atom. The molecular formula is C15H17BrFNO. The summed E-state index contributed by atoms with van der Waals surface area (Å²) in [5, 5.41) is 3.34. The van der Waals surface area contributed by atoms with Crippen LogP contribution in [0.3, 0.4) is 0 Å². The van der Waals surface area contributed by atoms with E-state index in [4.69, 9.17) is 4.42 Å². The molecule has 1 aromatic carbocycles. The van der Waals surface area contributed by atoms with Crippen LogP contribution in [0.25, 0.3) is 0 Å². The third kappa shape index (κ3) is 3.07. The lowest BCUT2D eigenvalue weighted by Gasteiger charge is -2.19. The predicted octanol–water partition coefficient (Wildman–Crippen LogP) is 4.58. The minimum absolute atomic E-state index is 0.244. The first-order valence-electron chi connectivity index (χ1n) is 6.36. The first-order valence-corrected chi connectivity index (χ1v) is 7.15. The SMILES string of the molecule is CCCNC(c1cccc(Br)c1F)c1occc1C. The molecule has 0 spiro atoms. The van der Waals surface area contributed by atoms with E-state index in [0.717, 1.165) is 24.3 Å². The summed E-state index contributed by atoms with van der Waals surface area (Å²) in [4.78, 5) is 0. The highest BCUT2D eigenvalue weighted by molar-refractivity contribution is 9.10. The highest BCUT2D eigenvalue weighted by Crippen LogP contribution is 2.30. The van der Waals surface area contributed by atoms with E-state index in [1.807, 2.05) is 19.1 Å². The Labute approximate surface area is 121 Å². The number of halogens is 2. The van der Waals surface area contributed by atoms with Crippen molar-refractivity contribution in [3.63, 3.8) is 0 Å². The maximum Gasteiger partial charge on any atom is 0.142 e. The van der Waals surface area contributed by atoms with E-state index >= 15 is 0 Å². The molecule has 2 aromatic rings. The summed E-state index contributed by atoms with van der Waals surface area (Å²) in [6.07, 6.45) is 2.62. The predicted molar refractivity (Wildman–Crippen MR) is 77.7 cm³/mol. The van der Waals surface area contributed by atoms with Gasteiger partial charge in [0.05, 0.1) is 16.8 Å². The molecule has 0 radical (unpaired) electrons. The highest BCUT2D eigenvalue weighted by atomic mass is 79.9. The number of nitrogens with one attached hydrogen (secondary N) is 1. The maximum atomic E-state index is 14.3. The van der Waals surface area contributed by atoms with Crippen LogP contribution in [0, 0.1) is 12.7 Å². The normalized spacial score (nSPS) is 12.6. The van der Waals surface area contributed by atoms with Crippen molar-refractivity contribution in [2.75, 3.05) is 6.54 Å². The molecule has 1 N–H and O–H groups in total. The smallest absolute Gasteiger partial charge is 0.142 e. The molecule has 0 saturated heterocycles. The molecule has 1 atom stereocenters. The molecule has 0 saturated carbocycles. The van der Waals surface area contributed by atoms with Crippen molar-refractivity contribution in [3.8, 4) is 0 Å². The van der Waals surface area contributed by atoms with Gasteiger partial charge in [0, 0.05) is 5.56 Å². The molecule has 0 bridgehead atoms. The zero-order valence-electron chi connectivity index (χ0n) is 11.0. The second-order valence-electron chi connectivity index (χ2n) is 4.50. The van der Waals surface area contributed by atoms with Crippen LogP contribution in [0.5, 0.6) is 0 Å². The lowest BCUT2D eigenvalue weighted by atomic mass is 10.0. The molecule has 102 valence electrons. The molecule has 0 aliphatic carbocycles. The second-order valence-corrected chi connectivity index (χ2v) is 5.35. The number of benzene rings is 1. The van der Waals surface area contributed by atoms with Crippen molar-refractivity contribution < 1.29 is 8.81 Å². The molecule has 0 aliphatic heterocycles. The molecule has 0 aliphatic rings. The van der Waals surface area contributed by atoms with Crippen molar-refractivity contribution in [1.82, 2.24) is 5.32 Å². The van der Waals surface area contributed by atoms with E-state index in [1.54, 1.807) is 18.4 Å². The van der Waals surface area contributed by atoms with Gasteiger partial charge in [-0.15, -0.1) is 0 Å². The van der Waals surface area contributed by atoms with Gasteiger partial charge in [-0.2, -0.15) is 0 Å². The fourth-order valence-corrected chi connectivity index (χ4v) is 2.44. The largest absolute Gasteiger partial charge is 0.467 e. The molecular weight excluding hydrogens is 309 g/mol. The van der Waals surface area contributed by atoms with Crippen molar-refractivity contribution >= 4 is 15.9 Å². The summed E-state index contributed by atoms with van der Waals surface area (Å²) in [5.74, 6) is 0.525. The first kappa shape index (κ1) is 14.3. The van der Waals surface area contributed by atoms with Gasteiger partial charge in [0.15, 0.2) is 0 Å². The number of aryl methyl sites for hydroxylation is 1. The molecule has 0 fully saturated rings. The van der Waals surface area contributed by atoms with Crippen LogP contribution in [0.1, 0.15) is 36.3 Å². The van der Waals surface area contributed by atoms with Crippen molar-refractivity contribution in [3.05, 3.63) is 57.7 Å². The minimum Gasteiger partial charge on any atom is -0.467 e. The Morgan fingerprint density at radius 1 is 1.37 bits per heavy atom. The molecule has 1 heterocycles. The number of rotatable bonds is 5. The second kappa shape index (κ2) is 6.35. The third-order valence-corrected chi connectivity index (χ3v) is 3.67. The number of hydrogen-bond donors (Lipinski definition) is 1. The molecule has 2 nitrogen and oxygen atoms in total. The summed E-state index contributed by atoms with van der Waals surface area (Å²) in [5.41, 5.74) is 1.62. The maximum absolute atomic E-state index is 14.3. The van der Waals surface area contributed by atoms with Crippen molar-refractivity contribution in [1.29, 1.82) is 0 Å². The Balaban J connectivity index is 2.43. The molecule has 1 unspecified atom stereocenters. The Kier molecular flexibility index (Phi) is 4.77. The van der Waals surface area contributed by atoms with Gasteiger partial charge in [-0.25, -0.2) is 4.39 Å². The standard InChI is InChI=1S/C15H17BrFNO/c1-3-8-18-14(15-10(2)7-9-19-15)11-5-4-6-12(16)13(11)17/h4-7,9,14,18H,3,8H2,1-2H3. The van der Waals surface area contributed by atoms with Crippen LogP contribution in [0.15, 0.2) is 39.4 Å². The number of hydrogen-bond acceptors (Lipinski definition) is 2. The monoisotopic (exact) mass is 325 g/mol. The Morgan fingerprint density at radius 3 is 2.79 bits per heavy atom. The summed E-state index contributed by atoms with van der Waals surface area (Å²) >= 11 is 3.23. The van der Waals surface area contributed by atoms with Gasteiger partial charge in [-0.1, -0.05) is 19.1 Å². The van der Waals surface area contributed by atoms with E-state index in [2.05, 4.69) is 28.2 Å². The Hall–Kier alpha value is -1.13. The quantitative estimate of drug-likeness (QED) is 0.870. The summed E-state index contributed by atoms with van der Waals surface area (Å²) in [7, 11) is 0. The van der Waals surface area contributed by atoms with E-state index in [9.17, 15) is 4.39 Å². The average molecular weight is 326 g/mol. The van der Waals surface area contributed by atoms with E-state index in [1.165, 1.54) is 0 Å². The van der Waals surface area contributed by atoms with Crippen LogP contribution >= 0.6 is 15.9 Å². The fraction of sp³-hybridized carbons (Fsp3) is 0.333. The summed E-state index contributed by atoms with van der Waals surface area (Å²) in [6.45, 7) is 4.85. The lowest BCUT2D eigenvalue weighted by molar-refractivity contribution is 0.433. The molecule has 19 heavy (non-hydrogen) atoms. The highest BCUT2D eigenvalue weighted by Gasteiger charge is 2.22. The first-order chi connectivity index (χ1) is 9.15. The zero-order chi connectivity index (χ0) is 13.8. The van der Waals surface area contributed by atoms with Gasteiger partial charge in [-0.05, 0) is 53.5 Å². The molecule has 0 amide bonds. The zero-order valence-corrected chi connectivity index (χ0v) is 12.6. The van der Waals surface area contributed by atoms with E-state index in [-0.39, 0.29) is 11.9 Å². The fourth-order valence-electron chi connectivity index (χ4n) is 2.06. The number of furan rings is 1. The van der Waals surface area contributed by atoms with Crippen LogP contribution in [-0.2, 0) is 0 Å². The van der Waals surface area contributed by atoms with Crippen LogP contribution in [-0.4, -0.2) is 6.54 Å². The lowest BCUT2D eigenvalue weighted by Crippen LogP contribution is -2.24. The van der Waals surface area contributed by atoms with Crippen LogP contribution in [0.2, 0.25) is 0 Å². The van der Waals surface area contributed by atoms with Crippen LogP contribution < -0.4 is 5.32 Å². The third-order valence-electron chi connectivity index (χ3n) is 3.05. The van der Waals surface area contributed by atoms with Gasteiger partial charge in [0.2, 0.25) is 0 Å². The summed E-state index contributed by atoms with van der Waals surface area (Å²) in [6, 6.07) is 6.96. The molecule has 4 heteroatoms. The van der Waals surface area contributed by atoms with Gasteiger partial charge in [0.25, 0.3) is 0 Å². The van der Waals surface area contributed by atoms with E-state index < -0.39 is 0 Å². The van der Waals surface area contributed by atoms with Gasteiger partial charge in [-0.3, -0.25) is 0 Å². The van der Waals surface area contributed by atoms with Crippen molar-refractivity contribution in [2.24, 2.45) is 0 Å². The summed E-state index contributed by atoms with van der Waals surface area (Å²) < 4.78 is 20.3. The Bertz CT molecular complexity index is 553. The average Bonchev–Trinajstić information content (AvgIpc) is 2.81. The van der Waals surface area contributed by atoms with Crippen molar-refractivity contribution in [2.45, 2.75) is 26.3 Å². The van der Waals surface area contributed by atoms with Gasteiger partial charge >= 0.3 is 0 Å². The van der Waals surface area contributed by atoms with Gasteiger partial charge in [0.1, 0.15) is 11.6 Å². The molecule has 2 rings (SSSR count). The molecule has 1 aromatic heterocycles. The topological polar surface area (TPSA) is 25.2 Å². The van der Waals surface area contributed by atoms with Crippen LogP contribution in [0.4, 0.5) is 4.39 Å². The van der Waals surface area contributed by atoms with Gasteiger partial charge < -0.3 is 9.73 Å². The minimum atomic E-state index is -0.257.